The molecule has 13 heavy (non-hydrogen) atoms. The van der Waals surface area contributed by atoms with Crippen molar-refractivity contribution in [1.29, 1.82) is 0 Å². The van der Waals surface area contributed by atoms with Crippen LogP contribution in [0.5, 0.6) is 0 Å². The van der Waals surface area contributed by atoms with E-state index in [1.54, 1.807) is 12.1 Å². The molecule has 0 aliphatic rings. The molecule has 1 N–H and O–H groups in total. The largest absolute Gasteiger partial charge is 0.239 e. The topological polar surface area (TPSA) is 74.4 Å². The summed E-state index contributed by atoms with van der Waals surface area (Å²) in [6.07, 6.45) is 0. The Morgan fingerprint density at radius 1 is 1.38 bits per heavy atom. The van der Waals surface area contributed by atoms with Crippen LogP contribution >= 0.6 is 0 Å². The van der Waals surface area contributed by atoms with Crippen LogP contribution in [0.4, 0.5) is 0 Å². The first-order valence-corrected chi connectivity index (χ1v) is 3.81. The molecule has 2 rings (SSSR count). The highest BCUT2D eigenvalue weighted by molar-refractivity contribution is 5.54. The van der Waals surface area contributed by atoms with Crippen LogP contribution in [0, 0.1) is 0 Å². The first-order chi connectivity index (χ1) is 6.40. The van der Waals surface area contributed by atoms with Gasteiger partial charge < -0.3 is 0 Å². The van der Waals surface area contributed by atoms with Gasteiger partial charge in [0.15, 0.2) is 5.82 Å². The van der Waals surface area contributed by atoms with Crippen molar-refractivity contribution in [3.63, 3.8) is 0 Å². The number of benzene rings is 1. The Hall–Kier alpha value is -1.75. The number of aromatic nitrogens is 4. The van der Waals surface area contributed by atoms with E-state index in [2.05, 4.69) is 20.6 Å². The van der Waals surface area contributed by atoms with Crippen LogP contribution in [0.2, 0.25) is 0 Å². The van der Waals surface area contributed by atoms with Gasteiger partial charge in [0.1, 0.15) is 6.61 Å². The highest BCUT2D eigenvalue weighted by Gasteiger charge is 2.01. The van der Waals surface area contributed by atoms with E-state index in [4.69, 9.17) is 0 Å². The third-order valence-corrected chi connectivity index (χ3v) is 1.71. The van der Waals surface area contributed by atoms with Crippen molar-refractivity contribution in [1.82, 2.24) is 20.6 Å². The van der Waals surface area contributed by atoms with Gasteiger partial charge in [0, 0.05) is 5.56 Å². The first kappa shape index (κ1) is 7.88. The molecule has 0 atom stereocenters. The second-order valence-corrected chi connectivity index (χ2v) is 2.59. The predicted molar refractivity (Wildman–Crippen MR) is 44.0 cm³/mol. The Morgan fingerprint density at radius 3 is 3.00 bits per heavy atom. The molecular weight excluding hydrogens is 168 g/mol. The van der Waals surface area contributed by atoms with Gasteiger partial charge in [-0.2, -0.15) is 0 Å². The van der Waals surface area contributed by atoms with Crippen LogP contribution in [-0.2, 0) is 11.7 Å². The number of aromatic amines is 1. The molecule has 1 heterocycles. The van der Waals surface area contributed by atoms with Crippen molar-refractivity contribution in [2.75, 3.05) is 0 Å². The Bertz CT molecular complexity index is 385. The third-order valence-electron chi connectivity index (χ3n) is 1.71. The molecule has 0 spiro atoms. The Balaban J connectivity index is 2.41. The molecule has 2 aromatic rings. The molecule has 0 aliphatic heterocycles. The second kappa shape index (κ2) is 3.32. The molecule has 5 heteroatoms. The molecule has 0 fully saturated rings. The predicted octanol–water partition coefficient (Wildman–Crippen LogP) is 0.797. The van der Waals surface area contributed by atoms with Crippen molar-refractivity contribution in [3.8, 4) is 11.4 Å². The average molecular weight is 175 g/mol. The Kier molecular flexibility index (Phi) is 2.01. The summed E-state index contributed by atoms with van der Waals surface area (Å²) in [4.78, 5) is 0. The maximum absolute atomic E-state index is 10.6. The van der Waals surface area contributed by atoms with Crippen LogP contribution < -0.4 is 0 Å². The number of hydrogen-bond acceptors (Lipinski definition) is 3. The molecule has 0 aliphatic carbocycles. The quantitative estimate of drug-likeness (QED) is 0.733. The van der Waals surface area contributed by atoms with E-state index in [1.165, 1.54) is 0 Å². The highest BCUT2D eigenvalue weighted by atomic mass is 16.3. The second-order valence-electron chi connectivity index (χ2n) is 2.59. The van der Waals surface area contributed by atoms with Crippen LogP contribution in [0.25, 0.3) is 11.4 Å². The van der Waals surface area contributed by atoms with Gasteiger partial charge in [0.2, 0.25) is 0 Å². The van der Waals surface area contributed by atoms with Crippen molar-refractivity contribution >= 4 is 0 Å². The molecule has 0 saturated heterocycles. The molecule has 1 aromatic carbocycles. The Morgan fingerprint density at radius 2 is 2.31 bits per heavy atom. The lowest BCUT2D eigenvalue weighted by Gasteiger charge is -1.97. The molecule has 65 valence electrons. The van der Waals surface area contributed by atoms with Crippen LogP contribution in [-0.4, -0.2) is 20.6 Å². The van der Waals surface area contributed by atoms with E-state index >= 15 is 0 Å². The average Bonchev–Trinajstić information content (AvgIpc) is 2.71. The zero-order valence-electron chi connectivity index (χ0n) is 6.77. The summed E-state index contributed by atoms with van der Waals surface area (Å²) in [5, 5.41) is 23.9. The number of nitrogens with one attached hydrogen (secondary N) is 1. The zero-order chi connectivity index (χ0) is 9.10. The summed E-state index contributed by atoms with van der Waals surface area (Å²) >= 11 is 0. The van der Waals surface area contributed by atoms with Crippen LogP contribution in [0.3, 0.4) is 0 Å². The summed E-state index contributed by atoms with van der Waals surface area (Å²) < 4.78 is 0. The molecule has 0 unspecified atom stereocenters. The summed E-state index contributed by atoms with van der Waals surface area (Å²) in [6, 6.07) is 7.21. The maximum Gasteiger partial charge on any atom is 0.179 e. The van der Waals surface area contributed by atoms with E-state index in [1.807, 2.05) is 12.1 Å². The van der Waals surface area contributed by atoms with E-state index < -0.39 is 0 Å². The molecular formula is C8H7N4O. The number of rotatable bonds is 2. The summed E-state index contributed by atoms with van der Waals surface area (Å²) in [5.41, 5.74) is 1.56. The Labute approximate surface area is 74.4 Å². The highest BCUT2D eigenvalue weighted by Crippen LogP contribution is 2.14. The van der Waals surface area contributed by atoms with E-state index in [-0.39, 0.29) is 6.61 Å². The summed E-state index contributed by atoms with van der Waals surface area (Å²) in [5.74, 6) is 0.579. The lowest BCUT2D eigenvalue weighted by molar-refractivity contribution is 0.177. The van der Waals surface area contributed by atoms with Gasteiger partial charge in [-0.3, -0.25) is 0 Å². The van der Waals surface area contributed by atoms with Gasteiger partial charge >= 0.3 is 0 Å². The number of hydrogen-bond donors (Lipinski definition) is 1. The van der Waals surface area contributed by atoms with Gasteiger partial charge in [-0.1, -0.05) is 18.2 Å². The van der Waals surface area contributed by atoms with Crippen LogP contribution in [0.15, 0.2) is 24.3 Å². The lowest BCUT2D eigenvalue weighted by atomic mass is 10.1. The molecule has 0 bridgehead atoms. The van der Waals surface area contributed by atoms with Crippen molar-refractivity contribution in [3.05, 3.63) is 29.8 Å². The molecule has 5 nitrogen and oxygen atoms in total. The van der Waals surface area contributed by atoms with Gasteiger partial charge in [0.05, 0.1) is 0 Å². The van der Waals surface area contributed by atoms with Gasteiger partial charge in [-0.15, -0.1) is 5.10 Å². The smallest absolute Gasteiger partial charge is 0.179 e. The van der Waals surface area contributed by atoms with Crippen molar-refractivity contribution in [2.24, 2.45) is 0 Å². The monoisotopic (exact) mass is 175 g/mol. The van der Waals surface area contributed by atoms with Crippen LogP contribution in [0.1, 0.15) is 5.56 Å². The van der Waals surface area contributed by atoms with Gasteiger partial charge in [-0.25, -0.2) is 10.2 Å². The summed E-state index contributed by atoms with van der Waals surface area (Å²) in [7, 11) is 0. The van der Waals surface area contributed by atoms with E-state index in [0.717, 1.165) is 11.1 Å². The normalized spacial score (nSPS) is 10.2. The maximum atomic E-state index is 10.6. The fourth-order valence-corrected chi connectivity index (χ4v) is 1.09. The third kappa shape index (κ3) is 1.54. The fraction of sp³-hybridized carbons (Fsp3) is 0.125. The number of H-pyrrole nitrogens is 1. The molecule has 1 aromatic heterocycles. The summed E-state index contributed by atoms with van der Waals surface area (Å²) in [6.45, 7) is -0.227. The minimum atomic E-state index is -0.227. The molecule has 0 amide bonds. The number of nitrogens with zero attached hydrogens (tertiary/aromatic N) is 3. The SMILES string of the molecule is [O]Cc1cccc(-c2nnn[nH]2)c1. The van der Waals surface area contributed by atoms with Gasteiger partial charge in [-0.05, 0) is 22.1 Å². The van der Waals surface area contributed by atoms with Crippen molar-refractivity contribution in [2.45, 2.75) is 6.61 Å². The lowest BCUT2D eigenvalue weighted by Crippen LogP contribution is -1.85. The van der Waals surface area contributed by atoms with E-state index in [9.17, 15) is 5.11 Å². The zero-order valence-corrected chi connectivity index (χ0v) is 6.77. The first-order valence-electron chi connectivity index (χ1n) is 3.81. The van der Waals surface area contributed by atoms with E-state index in [0.29, 0.717) is 5.82 Å². The minimum Gasteiger partial charge on any atom is -0.239 e. The minimum absolute atomic E-state index is 0.227. The van der Waals surface area contributed by atoms with Gasteiger partial charge in [0.25, 0.3) is 0 Å². The number of tetrazole rings is 1. The molecule has 0 saturated carbocycles. The molecule has 1 radical (unpaired) electrons. The standard InChI is InChI=1S/C8H7N4O/c13-5-6-2-1-3-7(4-6)8-9-11-12-10-8/h1-4H,5H2,(H,9,10,11,12). The van der Waals surface area contributed by atoms with Crippen molar-refractivity contribution < 1.29 is 5.11 Å². The fourth-order valence-electron chi connectivity index (χ4n) is 1.09.